The molecule has 10 nitrogen and oxygen atoms in total. The second kappa shape index (κ2) is 10.5. The van der Waals surface area contributed by atoms with Crippen LogP contribution in [0.2, 0.25) is 0 Å². The van der Waals surface area contributed by atoms with Crippen molar-refractivity contribution < 1.29 is 27.3 Å². The lowest BCUT2D eigenvalue weighted by Crippen LogP contribution is -2.45. The fourth-order valence-electron chi connectivity index (χ4n) is 2.60. The van der Waals surface area contributed by atoms with Gasteiger partial charge in [-0.25, -0.2) is 4.79 Å². The van der Waals surface area contributed by atoms with Crippen LogP contribution in [0.1, 0.15) is 18.9 Å². The first kappa shape index (κ1) is 23.0. The molecule has 0 aliphatic carbocycles. The summed E-state index contributed by atoms with van der Waals surface area (Å²) >= 11 is 1.58. The Hall–Kier alpha value is -2.31. The molecule has 1 unspecified atom stereocenters. The van der Waals surface area contributed by atoms with Crippen molar-refractivity contribution in [3.8, 4) is 0 Å². The summed E-state index contributed by atoms with van der Waals surface area (Å²) in [6.07, 6.45) is 0.632. The monoisotopic (exact) mass is 444 g/mol. The predicted octanol–water partition coefficient (Wildman–Crippen LogP) is 1.21. The molecule has 1 aliphatic rings. The fourth-order valence-corrected chi connectivity index (χ4v) is 4.27. The number of benzene rings is 1. The first-order chi connectivity index (χ1) is 13.7. The molecule has 160 valence electrons. The van der Waals surface area contributed by atoms with Crippen molar-refractivity contribution in [1.82, 2.24) is 10.6 Å². The zero-order valence-electron chi connectivity index (χ0n) is 16.0. The van der Waals surface area contributed by atoms with Gasteiger partial charge in [0.2, 0.25) is 5.91 Å². The molecule has 1 aliphatic heterocycles. The standard InChI is InChI=1S/C17H24N4O6S2/c1-3-12-10-28-16(19-12)14(20-15(22)9-18-17(23)27-2)8-11-4-6-13(7-5-11)21-29(24,25)26/h4-7,12,14,21H,3,8-10H2,1-2H3,(H,18,23)(H,20,22)(H,24,25,26)/t12?,14-/m0/s1. The molecule has 2 amide bonds. The second-order valence-electron chi connectivity index (χ2n) is 6.28. The number of hydrogen-bond acceptors (Lipinski definition) is 7. The van der Waals surface area contributed by atoms with E-state index in [2.05, 4.69) is 20.4 Å². The number of carbonyl (C=O) groups excluding carboxylic acids is 2. The molecule has 1 aromatic rings. The highest BCUT2D eigenvalue weighted by Gasteiger charge is 2.26. The molecule has 0 aromatic heterocycles. The SMILES string of the molecule is CCC1CSC([C@H](Cc2ccc(NS(=O)(=O)O)cc2)NC(=O)CNC(=O)OC)=N1. The van der Waals surface area contributed by atoms with Crippen molar-refractivity contribution in [3.63, 3.8) is 0 Å². The number of anilines is 1. The summed E-state index contributed by atoms with van der Waals surface area (Å²) in [4.78, 5) is 28.0. The maximum atomic E-state index is 12.2. The number of rotatable bonds is 9. The molecule has 2 atom stereocenters. The van der Waals surface area contributed by atoms with Gasteiger partial charge < -0.3 is 15.4 Å². The van der Waals surface area contributed by atoms with E-state index in [1.165, 1.54) is 19.2 Å². The molecule has 12 heteroatoms. The molecule has 1 aromatic carbocycles. The third-order valence-electron chi connectivity index (χ3n) is 4.06. The van der Waals surface area contributed by atoms with Crippen LogP contribution >= 0.6 is 11.8 Å². The highest BCUT2D eigenvalue weighted by atomic mass is 32.2. The number of thioether (sulfide) groups is 1. The van der Waals surface area contributed by atoms with Crippen molar-refractivity contribution in [1.29, 1.82) is 0 Å². The van der Waals surface area contributed by atoms with Crippen LogP contribution in [0, 0.1) is 0 Å². The molecule has 2 rings (SSSR count). The number of hydrogen-bond donors (Lipinski definition) is 4. The smallest absolute Gasteiger partial charge is 0.407 e. The van der Waals surface area contributed by atoms with Crippen LogP contribution in [0.5, 0.6) is 0 Å². The summed E-state index contributed by atoms with van der Waals surface area (Å²) in [5.41, 5.74) is 1.05. The molecular formula is C17H24N4O6S2. The quantitative estimate of drug-likeness (QED) is 0.419. The van der Waals surface area contributed by atoms with Gasteiger partial charge in [0.1, 0.15) is 6.54 Å². The first-order valence-electron chi connectivity index (χ1n) is 8.86. The van der Waals surface area contributed by atoms with E-state index in [0.717, 1.165) is 22.8 Å². The van der Waals surface area contributed by atoms with Crippen molar-refractivity contribution in [3.05, 3.63) is 29.8 Å². The average Bonchev–Trinajstić information content (AvgIpc) is 3.15. The largest absolute Gasteiger partial charge is 0.453 e. The molecule has 0 spiro atoms. The van der Waals surface area contributed by atoms with Crippen LogP contribution in [0.25, 0.3) is 0 Å². The number of nitrogens with one attached hydrogen (secondary N) is 3. The molecule has 0 bridgehead atoms. The molecule has 0 radical (unpaired) electrons. The second-order valence-corrected chi connectivity index (χ2v) is 8.48. The molecule has 0 saturated carbocycles. The van der Waals surface area contributed by atoms with E-state index in [-0.39, 0.29) is 30.2 Å². The Labute approximate surface area is 173 Å². The fraction of sp³-hybridized carbons (Fsp3) is 0.471. The van der Waals surface area contributed by atoms with Gasteiger partial charge in [0.15, 0.2) is 0 Å². The third kappa shape index (κ3) is 7.91. The summed E-state index contributed by atoms with van der Waals surface area (Å²) in [6, 6.07) is 6.22. The minimum atomic E-state index is -4.34. The predicted molar refractivity (Wildman–Crippen MR) is 112 cm³/mol. The lowest BCUT2D eigenvalue weighted by Gasteiger charge is -2.19. The van der Waals surface area contributed by atoms with Crippen LogP contribution in [-0.2, 0) is 26.3 Å². The Morgan fingerprint density at radius 2 is 2.03 bits per heavy atom. The molecule has 29 heavy (non-hydrogen) atoms. The van der Waals surface area contributed by atoms with Gasteiger partial charge in [-0.15, -0.1) is 11.8 Å². The van der Waals surface area contributed by atoms with Gasteiger partial charge in [-0.3, -0.25) is 19.1 Å². The van der Waals surface area contributed by atoms with E-state index in [0.29, 0.717) is 6.42 Å². The number of carbonyl (C=O) groups is 2. The van der Waals surface area contributed by atoms with Crippen molar-refractivity contribution >= 4 is 44.8 Å². The zero-order chi connectivity index (χ0) is 21.4. The molecular weight excluding hydrogens is 420 g/mol. The first-order valence-corrected chi connectivity index (χ1v) is 11.3. The number of alkyl carbamates (subject to hydrolysis) is 1. The van der Waals surface area contributed by atoms with E-state index in [9.17, 15) is 18.0 Å². The highest BCUT2D eigenvalue weighted by molar-refractivity contribution is 8.14. The number of nitrogens with zero attached hydrogens (tertiary/aromatic N) is 1. The third-order valence-corrected chi connectivity index (χ3v) is 5.79. The molecule has 1 heterocycles. The summed E-state index contributed by atoms with van der Waals surface area (Å²) in [5, 5.41) is 6.01. The summed E-state index contributed by atoms with van der Waals surface area (Å²) in [7, 11) is -3.13. The number of ether oxygens (including phenoxy) is 1. The Morgan fingerprint density at radius 1 is 1.34 bits per heavy atom. The van der Waals surface area contributed by atoms with Gasteiger partial charge >= 0.3 is 16.4 Å². The molecule has 0 saturated heterocycles. The lowest BCUT2D eigenvalue weighted by molar-refractivity contribution is -0.120. The van der Waals surface area contributed by atoms with Gasteiger partial charge in [-0.2, -0.15) is 8.42 Å². The van der Waals surface area contributed by atoms with Crippen molar-refractivity contribution in [2.75, 3.05) is 24.1 Å². The van der Waals surface area contributed by atoms with Crippen LogP contribution in [-0.4, -0.2) is 61.5 Å². The van der Waals surface area contributed by atoms with Crippen molar-refractivity contribution in [2.45, 2.75) is 31.8 Å². The number of amides is 2. The van der Waals surface area contributed by atoms with E-state index in [4.69, 9.17) is 4.55 Å². The van der Waals surface area contributed by atoms with E-state index < -0.39 is 16.4 Å². The van der Waals surface area contributed by atoms with E-state index in [1.807, 2.05) is 11.6 Å². The van der Waals surface area contributed by atoms with E-state index >= 15 is 0 Å². The van der Waals surface area contributed by atoms with Gasteiger partial charge in [-0.1, -0.05) is 19.1 Å². The van der Waals surface area contributed by atoms with Crippen molar-refractivity contribution in [2.24, 2.45) is 4.99 Å². The summed E-state index contributed by atoms with van der Waals surface area (Å²) in [6.45, 7) is 1.82. The summed E-state index contributed by atoms with van der Waals surface area (Å²) in [5.74, 6) is 0.462. The maximum Gasteiger partial charge on any atom is 0.407 e. The molecule has 0 fully saturated rings. The number of methoxy groups -OCH3 is 1. The van der Waals surface area contributed by atoms with Crippen LogP contribution < -0.4 is 15.4 Å². The van der Waals surface area contributed by atoms with Crippen LogP contribution in [0.15, 0.2) is 29.3 Å². The zero-order valence-corrected chi connectivity index (χ0v) is 17.7. The van der Waals surface area contributed by atoms with Crippen LogP contribution in [0.4, 0.5) is 10.5 Å². The lowest BCUT2D eigenvalue weighted by atomic mass is 10.1. The van der Waals surface area contributed by atoms with Gasteiger partial charge in [-0.05, 0) is 30.5 Å². The molecule has 4 N–H and O–H groups in total. The Kier molecular flexibility index (Phi) is 8.29. The van der Waals surface area contributed by atoms with Gasteiger partial charge in [0.05, 0.1) is 29.9 Å². The van der Waals surface area contributed by atoms with Gasteiger partial charge in [0, 0.05) is 5.75 Å². The highest BCUT2D eigenvalue weighted by Crippen LogP contribution is 2.24. The van der Waals surface area contributed by atoms with Crippen LogP contribution in [0.3, 0.4) is 0 Å². The Morgan fingerprint density at radius 3 is 2.59 bits per heavy atom. The number of aliphatic imine (C=N–C) groups is 1. The maximum absolute atomic E-state index is 12.2. The summed E-state index contributed by atoms with van der Waals surface area (Å²) < 4.78 is 37.0. The minimum absolute atomic E-state index is 0.198. The van der Waals surface area contributed by atoms with Gasteiger partial charge in [0.25, 0.3) is 0 Å². The topological polar surface area (TPSA) is 146 Å². The Bertz CT molecular complexity index is 857. The van der Waals surface area contributed by atoms with E-state index in [1.54, 1.807) is 23.9 Å². The Balaban J connectivity index is 2.09. The normalized spacial score (nSPS) is 17.2. The average molecular weight is 445 g/mol. The minimum Gasteiger partial charge on any atom is -0.453 e.